The fraction of sp³-hybridized carbons (Fsp3) is 0.250. The van der Waals surface area contributed by atoms with Gasteiger partial charge in [-0.3, -0.25) is 0 Å². The molecule has 0 saturated heterocycles. The molecule has 0 aliphatic rings. The summed E-state index contributed by atoms with van der Waals surface area (Å²) in [5.41, 5.74) is 1.19. The van der Waals surface area contributed by atoms with Crippen LogP contribution in [0.4, 0.5) is 0 Å². The van der Waals surface area contributed by atoms with Gasteiger partial charge in [0, 0.05) is 6.07 Å². The quantitative estimate of drug-likeness (QED) is 0.569. The lowest BCUT2D eigenvalue weighted by molar-refractivity contribution is -0.646. The minimum absolute atomic E-state index is 0.969. The van der Waals surface area contributed by atoms with E-state index in [4.69, 9.17) is 4.74 Å². The molecule has 0 saturated carbocycles. The summed E-state index contributed by atoms with van der Waals surface area (Å²) in [5, 5.41) is 1.16. The summed E-state index contributed by atoms with van der Waals surface area (Å²) in [6.07, 6.45) is 4.17. The van der Waals surface area contributed by atoms with Crippen molar-refractivity contribution in [3.8, 4) is 5.75 Å². The van der Waals surface area contributed by atoms with Crippen LogP contribution < -0.4 is 9.30 Å². The van der Waals surface area contributed by atoms with Crippen molar-refractivity contribution in [2.75, 3.05) is 13.4 Å². The van der Waals surface area contributed by atoms with Gasteiger partial charge in [-0.15, -0.1) is 11.8 Å². The molecule has 0 radical (unpaired) electrons. The first-order valence-corrected chi connectivity index (χ1v) is 5.99. The zero-order chi connectivity index (χ0) is 10.8. The van der Waals surface area contributed by atoms with Gasteiger partial charge in [0.1, 0.15) is 11.9 Å². The number of aromatic nitrogens is 1. The first kappa shape index (κ1) is 10.3. The van der Waals surface area contributed by atoms with Gasteiger partial charge in [-0.1, -0.05) is 12.1 Å². The Balaban J connectivity index is 2.85. The van der Waals surface area contributed by atoms with Crippen LogP contribution in [0.2, 0.25) is 0 Å². The maximum absolute atomic E-state index is 5.47. The van der Waals surface area contributed by atoms with E-state index < -0.39 is 0 Å². The highest BCUT2D eigenvalue weighted by molar-refractivity contribution is 7.98. The molecule has 0 spiro atoms. The summed E-state index contributed by atoms with van der Waals surface area (Å²) in [7, 11) is 3.78. The zero-order valence-corrected chi connectivity index (χ0v) is 9.97. The monoisotopic (exact) mass is 220 g/mol. The van der Waals surface area contributed by atoms with E-state index in [2.05, 4.69) is 36.2 Å². The Morgan fingerprint density at radius 2 is 2.00 bits per heavy atom. The highest BCUT2D eigenvalue weighted by Gasteiger charge is 2.15. The summed E-state index contributed by atoms with van der Waals surface area (Å²) in [4.78, 5) is 1.17. The summed E-state index contributed by atoms with van der Waals surface area (Å²) < 4.78 is 7.60. The molecular weight excluding hydrogens is 206 g/mol. The van der Waals surface area contributed by atoms with E-state index in [1.165, 1.54) is 10.4 Å². The number of hydrogen-bond acceptors (Lipinski definition) is 2. The smallest absolute Gasteiger partial charge is 0.216 e. The van der Waals surface area contributed by atoms with E-state index >= 15 is 0 Å². The second-order valence-electron chi connectivity index (χ2n) is 3.36. The molecule has 1 aromatic heterocycles. The summed E-state index contributed by atoms with van der Waals surface area (Å²) in [5.74, 6) is 0.969. The predicted molar refractivity (Wildman–Crippen MR) is 63.5 cm³/mol. The number of rotatable bonds is 2. The van der Waals surface area contributed by atoms with E-state index in [1.54, 1.807) is 18.9 Å². The molecule has 0 amide bonds. The second-order valence-corrected chi connectivity index (χ2v) is 4.21. The number of methoxy groups -OCH3 is 1. The molecule has 0 atom stereocenters. The second kappa shape index (κ2) is 4.11. The minimum Gasteiger partial charge on any atom is -0.494 e. The van der Waals surface area contributed by atoms with Crippen LogP contribution in [0.25, 0.3) is 10.9 Å². The van der Waals surface area contributed by atoms with E-state index in [-0.39, 0.29) is 0 Å². The van der Waals surface area contributed by atoms with Crippen LogP contribution in [0.3, 0.4) is 0 Å². The van der Waals surface area contributed by atoms with Crippen molar-refractivity contribution in [3.05, 3.63) is 30.5 Å². The van der Waals surface area contributed by atoms with Gasteiger partial charge in [-0.05, 0) is 12.3 Å². The van der Waals surface area contributed by atoms with Crippen molar-refractivity contribution >= 4 is 22.7 Å². The average Bonchev–Trinajstić information content (AvgIpc) is 2.29. The number of benzene rings is 1. The van der Waals surface area contributed by atoms with Gasteiger partial charge in [0.2, 0.25) is 5.52 Å². The van der Waals surface area contributed by atoms with Crippen LogP contribution in [0, 0.1) is 0 Å². The normalized spacial score (nSPS) is 10.6. The molecule has 3 heteroatoms. The fourth-order valence-electron chi connectivity index (χ4n) is 1.77. The Kier molecular flexibility index (Phi) is 2.82. The van der Waals surface area contributed by atoms with Gasteiger partial charge in [0.05, 0.1) is 12.5 Å². The van der Waals surface area contributed by atoms with E-state index in [0.29, 0.717) is 0 Å². The maximum Gasteiger partial charge on any atom is 0.216 e. The number of hydrogen-bond donors (Lipinski definition) is 0. The van der Waals surface area contributed by atoms with E-state index in [1.807, 2.05) is 12.1 Å². The Bertz CT molecular complexity index is 496. The van der Waals surface area contributed by atoms with Gasteiger partial charge < -0.3 is 4.74 Å². The fourth-order valence-corrected chi connectivity index (χ4v) is 2.41. The lowest BCUT2D eigenvalue weighted by atomic mass is 10.2. The van der Waals surface area contributed by atoms with Crippen LogP contribution in [-0.4, -0.2) is 13.4 Å². The maximum atomic E-state index is 5.47. The van der Waals surface area contributed by atoms with Crippen LogP contribution in [0.15, 0.2) is 35.4 Å². The minimum atomic E-state index is 0.969. The van der Waals surface area contributed by atoms with Crippen LogP contribution in [0.1, 0.15) is 0 Å². The molecule has 2 rings (SSSR count). The number of para-hydroxylation sites is 1. The van der Waals surface area contributed by atoms with Gasteiger partial charge in [0.25, 0.3) is 0 Å². The molecular formula is C12H14NOS+. The number of aryl methyl sites for hydroxylation is 1. The first-order chi connectivity index (χ1) is 7.27. The van der Waals surface area contributed by atoms with Crippen LogP contribution in [0.5, 0.6) is 5.75 Å². The molecule has 1 aromatic carbocycles. The summed E-state index contributed by atoms with van der Waals surface area (Å²) in [6, 6.07) is 8.27. The van der Waals surface area contributed by atoms with Crippen LogP contribution in [-0.2, 0) is 7.05 Å². The molecule has 0 fully saturated rings. The first-order valence-electron chi connectivity index (χ1n) is 4.77. The van der Waals surface area contributed by atoms with Gasteiger partial charge in [-0.25, -0.2) is 0 Å². The van der Waals surface area contributed by atoms with Gasteiger partial charge >= 0.3 is 0 Å². The van der Waals surface area contributed by atoms with Crippen molar-refractivity contribution in [3.63, 3.8) is 0 Å². The lowest BCUT2D eigenvalue weighted by Gasteiger charge is -2.07. The molecule has 15 heavy (non-hydrogen) atoms. The third kappa shape index (κ3) is 1.67. The van der Waals surface area contributed by atoms with Crippen molar-refractivity contribution in [1.29, 1.82) is 0 Å². The highest BCUT2D eigenvalue weighted by Crippen LogP contribution is 2.32. The third-order valence-electron chi connectivity index (χ3n) is 2.49. The molecule has 1 heterocycles. The molecule has 2 aromatic rings. The Hall–Kier alpha value is -1.22. The van der Waals surface area contributed by atoms with Gasteiger partial charge in [0.15, 0.2) is 11.9 Å². The third-order valence-corrected chi connectivity index (χ3v) is 3.22. The topological polar surface area (TPSA) is 13.1 Å². The summed E-state index contributed by atoms with van der Waals surface area (Å²) >= 11 is 1.70. The van der Waals surface area contributed by atoms with Crippen molar-refractivity contribution < 1.29 is 9.30 Å². The van der Waals surface area contributed by atoms with E-state index in [9.17, 15) is 0 Å². The number of thioether (sulfide) groups is 1. The molecule has 0 bridgehead atoms. The number of fused-ring (bicyclic) bond motifs is 1. The molecule has 0 N–H and O–H groups in total. The standard InChI is InChI=1S/C12H14NOS/c1-13-8-11(15-3)12(14-2)9-6-4-5-7-10(9)13/h4-8H,1-3H3/q+1. The highest BCUT2D eigenvalue weighted by atomic mass is 32.2. The average molecular weight is 220 g/mol. The van der Waals surface area contributed by atoms with Crippen molar-refractivity contribution in [1.82, 2.24) is 0 Å². The predicted octanol–water partition coefficient (Wildman–Crippen LogP) is 2.39. The zero-order valence-electron chi connectivity index (χ0n) is 9.15. The van der Waals surface area contributed by atoms with Crippen molar-refractivity contribution in [2.24, 2.45) is 7.05 Å². The number of ether oxygens (including phenoxy) is 1. The number of nitrogens with zero attached hydrogens (tertiary/aromatic N) is 1. The van der Waals surface area contributed by atoms with Gasteiger partial charge in [-0.2, -0.15) is 4.57 Å². The molecule has 2 nitrogen and oxygen atoms in total. The van der Waals surface area contributed by atoms with E-state index in [0.717, 1.165) is 11.1 Å². The molecule has 78 valence electrons. The molecule has 0 aliphatic heterocycles. The Morgan fingerprint density at radius 3 is 2.67 bits per heavy atom. The lowest BCUT2D eigenvalue weighted by Crippen LogP contribution is -2.28. The van der Waals surface area contributed by atoms with Crippen molar-refractivity contribution in [2.45, 2.75) is 4.90 Å². The summed E-state index contributed by atoms with van der Waals surface area (Å²) in [6.45, 7) is 0. The Labute approximate surface area is 93.9 Å². The number of pyridine rings is 1. The largest absolute Gasteiger partial charge is 0.494 e. The van der Waals surface area contributed by atoms with Crippen LogP contribution >= 0.6 is 11.8 Å². The molecule has 0 unspecified atom stereocenters. The Morgan fingerprint density at radius 1 is 1.27 bits per heavy atom. The SMILES string of the molecule is COc1c(SC)c[n+](C)c2ccccc12. The molecule has 0 aliphatic carbocycles.